The molecule has 1 unspecified atom stereocenters. The van der Waals surface area contributed by atoms with Crippen molar-refractivity contribution >= 4 is 11.9 Å². The third-order valence-corrected chi connectivity index (χ3v) is 4.25. The Bertz CT molecular complexity index is 563. The summed E-state index contributed by atoms with van der Waals surface area (Å²) in [6, 6.07) is 3.76. The van der Waals surface area contributed by atoms with Crippen molar-refractivity contribution in [2.75, 3.05) is 32.7 Å². The number of primary amides is 1. The van der Waals surface area contributed by atoms with Crippen LogP contribution in [0.15, 0.2) is 27.8 Å². The van der Waals surface area contributed by atoms with Crippen molar-refractivity contribution in [1.82, 2.24) is 15.5 Å². The molecule has 8 heteroatoms. The number of piperidine rings is 1. The zero-order chi connectivity index (χ0) is 18.3. The fourth-order valence-electron chi connectivity index (χ4n) is 2.87. The molecule has 2 heterocycles. The Labute approximate surface area is 148 Å². The minimum absolute atomic E-state index is 0.191. The highest BCUT2D eigenvalue weighted by Gasteiger charge is 2.26. The third kappa shape index (κ3) is 6.06. The van der Waals surface area contributed by atoms with E-state index in [2.05, 4.69) is 20.5 Å². The van der Waals surface area contributed by atoms with Gasteiger partial charge in [-0.15, -0.1) is 0 Å². The smallest absolute Gasteiger partial charge is 0.231 e. The molecule has 0 spiro atoms. The SMILES string of the molecule is CCNC(=NCC(C)(O)c1ccco1)NC1CCN(CC(N)=O)CC1. The lowest BCUT2D eigenvalue weighted by Gasteiger charge is -2.32. The lowest BCUT2D eigenvalue weighted by Crippen LogP contribution is -2.50. The van der Waals surface area contributed by atoms with E-state index < -0.39 is 5.60 Å². The molecule has 0 radical (unpaired) electrons. The van der Waals surface area contributed by atoms with Crippen LogP contribution < -0.4 is 16.4 Å². The fraction of sp³-hybridized carbons (Fsp3) is 0.647. The summed E-state index contributed by atoms with van der Waals surface area (Å²) in [5, 5.41) is 17.1. The predicted molar refractivity (Wildman–Crippen MR) is 96.0 cm³/mol. The van der Waals surface area contributed by atoms with Crippen LogP contribution in [0.1, 0.15) is 32.4 Å². The van der Waals surface area contributed by atoms with E-state index in [-0.39, 0.29) is 18.5 Å². The Morgan fingerprint density at radius 3 is 2.80 bits per heavy atom. The fourth-order valence-corrected chi connectivity index (χ4v) is 2.87. The molecule has 1 saturated heterocycles. The van der Waals surface area contributed by atoms with Crippen LogP contribution in [-0.2, 0) is 10.4 Å². The first-order valence-electron chi connectivity index (χ1n) is 8.72. The number of nitrogens with one attached hydrogen (secondary N) is 2. The molecule has 0 bridgehead atoms. The molecule has 8 nitrogen and oxygen atoms in total. The molecule has 1 aromatic heterocycles. The van der Waals surface area contributed by atoms with E-state index in [9.17, 15) is 9.90 Å². The van der Waals surface area contributed by atoms with Crippen molar-refractivity contribution in [1.29, 1.82) is 0 Å². The first kappa shape index (κ1) is 19.3. The van der Waals surface area contributed by atoms with Crippen molar-refractivity contribution in [2.45, 2.75) is 38.3 Å². The number of rotatable bonds is 7. The lowest BCUT2D eigenvalue weighted by molar-refractivity contribution is -0.119. The van der Waals surface area contributed by atoms with E-state index in [1.165, 1.54) is 6.26 Å². The standard InChI is InChI=1S/C17H29N5O3/c1-3-19-16(20-12-17(2,24)14-5-4-10-25-14)21-13-6-8-22(9-7-13)11-15(18)23/h4-5,10,13,24H,3,6-9,11-12H2,1-2H3,(H2,18,23)(H2,19,20,21). The van der Waals surface area contributed by atoms with E-state index in [1.54, 1.807) is 19.1 Å². The van der Waals surface area contributed by atoms with E-state index in [4.69, 9.17) is 10.2 Å². The third-order valence-electron chi connectivity index (χ3n) is 4.25. The highest BCUT2D eigenvalue weighted by atomic mass is 16.4. The molecule has 0 saturated carbocycles. The van der Waals surface area contributed by atoms with Gasteiger partial charge in [-0.2, -0.15) is 0 Å². The van der Waals surface area contributed by atoms with E-state index >= 15 is 0 Å². The van der Waals surface area contributed by atoms with Gasteiger partial charge < -0.3 is 25.9 Å². The summed E-state index contributed by atoms with van der Waals surface area (Å²) in [6.45, 7) is 6.56. The van der Waals surface area contributed by atoms with Gasteiger partial charge in [0.25, 0.3) is 0 Å². The Morgan fingerprint density at radius 1 is 1.52 bits per heavy atom. The number of amides is 1. The lowest BCUT2D eigenvalue weighted by atomic mass is 10.0. The highest BCUT2D eigenvalue weighted by molar-refractivity contribution is 5.80. The highest BCUT2D eigenvalue weighted by Crippen LogP contribution is 2.21. The van der Waals surface area contributed by atoms with Gasteiger partial charge in [-0.3, -0.25) is 9.69 Å². The molecule has 1 amide bonds. The van der Waals surface area contributed by atoms with Crippen molar-refractivity contribution in [2.24, 2.45) is 10.7 Å². The van der Waals surface area contributed by atoms with Gasteiger partial charge >= 0.3 is 0 Å². The van der Waals surface area contributed by atoms with Gasteiger partial charge in [0.05, 0.1) is 19.4 Å². The maximum atomic E-state index is 11.0. The van der Waals surface area contributed by atoms with Gasteiger partial charge in [0.15, 0.2) is 5.96 Å². The Balaban J connectivity index is 1.89. The van der Waals surface area contributed by atoms with Gasteiger partial charge in [0.2, 0.25) is 5.91 Å². The molecule has 0 aliphatic carbocycles. The van der Waals surface area contributed by atoms with Gasteiger partial charge in [0.1, 0.15) is 11.4 Å². The summed E-state index contributed by atoms with van der Waals surface area (Å²) in [6.07, 6.45) is 3.36. The molecular weight excluding hydrogens is 322 g/mol. The zero-order valence-corrected chi connectivity index (χ0v) is 15.0. The summed E-state index contributed by atoms with van der Waals surface area (Å²) in [7, 11) is 0. The van der Waals surface area contributed by atoms with Crippen molar-refractivity contribution in [3.8, 4) is 0 Å². The molecule has 1 aliphatic rings. The van der Waals surface area contributed by atoms with E-state index in [0.717, 1.165) is 32.5 Å². The summed E-state index contributed by atoms with van der Waals surface area (Å²) >= 11 is 0. The van der Waals surface area contributed by atoms with Crippen LogP contribution in [0.25, 0.3) is 0 Å². The Morgan fingerprint density at radius 2 is 2.24 bits per heavy atom. The first-order chi connectivity index (χ1) is 11.9. The van der Waals surface area contributed by atoms with Crippen LogP contribution in [0.2, 0.25) is 0 Å². The molecule has 1 fully saturated rings. The van der Waals surface area contributed by atoms with Crippen LogP contribution in [-0.4, -0.2) is 60.6 Å². The maximum absolute atomic E-state index is 11.0. The van der Waals surface area contributed by atoms with Crippen LogP contribution in [0.3, 0.4) is 0 Å². The second kappa shape index (κ2) is 8.87. The maximum Gasteiger partial charge on any atom is 0.231 e. The number of aliphatic hydroxyl groups is 1. The van der Waals surface area contributed by atoms with Crippen molar-refractivity contribution in [3.63, 3.8) is 0 Å². The van der Waals surface area contributed by atoms with Gasteiger partial charge in [-0.25, -0.2) is 4.99 Å². The number of nitrogens with two attached hydrogens (primary N) is 1. The van der Waals surface area contributed by atoms with E-state index in [1.807, 2.05) is 6.92 Å². The second-order valence-corrected chi connectivity index (χ2v) is 6.61. The average molecular weight is 351 g/mol. The normalized spacial score (nSPS) is 19.4. The average Bonchev–Trinajstić information content (AvgIpc) is 3.10. The molecule has 2 rings (SSSR count). The van der Waals surface area contributed by atoms with Crippen molar-refractivity contribution in [3.05, 3.63) is 24.2 Å². The molecule has 1 atom stereocenters. The van der Waals surface area contributed by atoms with Crippen molar-refractivity contribution < 1.29 is 14.3 Å². The molecular formula is C17H29N5O3. The number of hydrogen-bond acceptors (Lipinski definition) is 5. The molecule has 0 aromatic carbocycles. The summed E-state index contributed by atoms with van der Waals surface area (Å²) in [5.74, 6) is 0.871. The number of nitrogens with zero attached hydrogens (tertiary/aromatic N) is 2. The van der Waals surface area contributed by atoms with E-state index in [0.29, 0.717) is 18.3 Å². The largest absolute Gasteiger partial charge is 0.466 e. The predicted octanol–water partition coefficient (Wildman–Crippen LogP) is -0.00810. The number of hydrogen-bond donors (Lipinski definition) is 4. The summed E-state index contributed by atoms with van der Waals surface area (Å²) in [5.41, 5.74) is 4.09. The quantitative estimate of drug-likeness (QED) is 0.406. The number of furan rings is 1. The molecule has 1 aromatic rings. The zero-order valence-electron chi connectivity index (χ0n) is 15.0. The minimum Gasteiger partial charge on any atom is -0.466 e. The molecule has 140 valence electrons. The second-order valence-electron chi connectivity index (χ2n) is 6.61. The van der Waals surface area contributed by atoms with Crippen LogP contribution in [0, 0.1) is 0 Å². The van der Waals surface area contributed by atoms with Crippen LogP contribution in [0.4, 0.5) is 0 Å². The molecule has 5 N–H and O–H groups in total. The minimum atomic E-state index is -1.16. The number of guanidine groups is 1. The van der Waals surface area contributed by atoms with Gasteiger partial charge in [-0.1, -0.05) is 0 Å². The number of carbonyl (C=O) groups excluding carboxylic acids is 1. The monoisotopic (exact) mass is 351 g/mol. The summed E-state index contributed by atoms with van der Waals surface area (Å²) < 4.78 is 5.28. The van der Waals surface area contributed by atoms with Gasteiger partial charge in [0, 0.05) is 25.7 Å². The number of carbonyl (C=O) groups is 1. The molecule has 1 aliphatic heterocycles. The molecule has 25 heavy (non-hydrogen) atoms. The topological polar surface area (TPSA) is 116 Å². The van der Waals surface area contributed by atoms with Crippen LogP contribution in [0.5, 0.6) is 0 Å². The first-order valence-corrected chi connectivity index (χ1v) is 8.72. The van der Waals surface area contributed by atoms with Crippen LogP contribution >= 0.6 is 0 Å². The van der Waals surface area contributed by atoms with Gasteiger partial charge in [-0.05, 0) is 38.8 Å². The number of likely N-dealkylation sites (tertiary alicyclic amines) is 1. The Kier molecular flexibility index (Phi) is 6.83. The number of aliphatic imine (C=N–C) groups is 1. The summed E-state index contributed by atoms with van der Waals surface area (Å²) in [4.78, 5) is 17.6. The Hall–Kier alpha value is -2.06.